The molecule has 1 aliphatic heterocycles. The summed E-state index contributed by atoms with van der Waals surface area (Å²) in [6.07, 6.45) is 3.37. The molecule has 0 aromatic heterocycles. The maximum absolute atomic E-state index is 11.8. The van der Waals surface area contributed by atoms with Crippen molar-refractivity contribution in [1.82, 2.24) is 4.90 Å². The minimum Gasteiger partial charge on any atom is -0.303 e. The van der Waals surface area contributed by atoms with Crippen molar-refractivity contribution in [2.75, 3.05) is 26.3 Å². The van der Waals surface area contributed by atoms with Crippen LogP contribution in [0.15, 0.2) is 0 Å². The molecular weight excluding hydrogens is 165 g/mol. The van der Waals surface area contributed by atoms with E-state index in [1.54, 1.807) is 0 Å². The van der Waals surface area contributed by atoms with Crippen molar-refractivity contribution in [3.8, 4) is 0 Å². The fourth-order valence-electron chi connectivity index (χ4n) is 1.77. The number of alkyl halides is 1. The molecule has 0 bridgehead atoms. The second kappa shape index (κ2) is 8.49. The largest absolute Gasteiger partial charge is 0.303 e. The third-order valence-corrected chi connectivity index (χ3v) is 2.35. The highest BCUT2D eigenvalue weighted by Gasteiger charge is 2.14. The van der Waals surface area contributed by atoms with E-state index in [0.717, 1.165) is 12.5 Å². The van der Waals surface area contributed by atoms with E-state index in [2.05, 4.69) is 11.8 Å². The molecule has 1 atom stereocenters. The average Bonchev–Trinajstić information content (AvgIpc) is 2.18. The Hall–Kier alpha value is -0.110. The normalized spacial score (nSPS) is 23.5. The maximum atomic E-state index is 11.8. The molecule has 13 heavy (non-hydrogen) atoms. The highest BCUT2D eigenvalue weighted by molar-refractivity contribution is 4.69. The standard InChI is InChI=1S/C9H18FN.C2H6/c1-9-4-2-6-11(8-9)7-3-5-10;1-2/h9H,2-8H2,1H3;1-2H3. The zero-order chi connectivity index (χ0) is 10.1. The predicted octanol–water partition coefficient (Wildman–Crippen LogP) is 3.10. The zero-order valence-electron chi connectivity index (χ0n) is 9.35. The molecule has 1 rings (SSSR count). The fourth-order valence-corrected chi connectivity index (χ4v) is 1.77. The predicted molar refractivity (Wildman–Crippen MR) is 56.8 cm³/mol. The van der Waals surface area contributed by atoms with Gasteiger partial charge in [-0.25, -0.2) is 0 Å². The van der Waals surface area contributed by atoms with Crippen LogP contribution in [0.25, 0.3) is 0 Å². The minimum absolute atomic E-state index is 0.162. The van der Waals surface area contributed by atoms with Gasteiger partial charge in [0, 0.05) is 13.1 Å². The fraction of sp³-hybridized carbons (Fsp3) is 1.00. The highest BCUT2D eigenvalue weighted by atomic mass is 19.1. The topological polar surface area (TPSA) is 3.24 Å². The number of halogens is 1. The SMILES string of the molecule is CC.CC1CCCN(CCCF)C1. The number of rotatable bonds is 3. The van der Waals surface area contributed by atoms with Crippen LogP contribution < -0.4 is 0 Å². The van der Waals surface area contributed by atoms with Gasteiger partial charge in [-0.05, 0) is 31.7 Å². The van der Waals surface area contributed by atoms with E-state index in [4.69, 9.17) is 0 Å². The maximum Gasteiger partial charge on any atom is 0.0906 e. The van der Waals surface area contributed by atoms with Crippen molar-refractivity contribution in [3.63, 3.8) is 0 Å². The Labute approximate surface area is 82.3 Å². The van der Waals surface area contributed by atoms with Crippen molar-refractivity contribution in [2.24, 2.45) is 5.92 Å². The molecule has 0 aromatic carbocycles. The van der Waals surface area contributed by atoms with Crippen molar-refractivity contribution in [3.05, 3.63) is 0 Å². The first-order valence-corrected chi connectivity index (χ1v) is 5.61. The first kappa shape index (κ1) is 12.9. The Morgan fingerprint density at radius 2 is 2.08 bits per heavy atom. The van der Waals surface area contributed by atoms with Crippen LogP contribution in [0.4, 0.5) is 4.39 Å². The Morgan fingerprint density at radius 1 is 1.38 bits per heavy atom. The van der Waals surface area contributed by atoms with Crippen molar-refractivity contribution < 1.29 is 4.39 Å². The number of likely N-dealkylation sites (tertiary alicyclic amines) is 1. The van der Waals surface area contributed by atoms with Gasteiger partial charge in [0.05, 0.1) is 6.67 Å². The third kappa shape index (κ3) is 6.03. The van der Waals surface area contributed by atoms with Gasteiger partial charge in [-0.1, -0.05) is 20.8 Å². The molecule has 1 saturated heterocycles. The molecule has 1 fully saturated rings. The Kier molecular flexibility index (Phi) is 8.41. The van der Waals surface area contributed by atoms with E-state index < -0.39 is 0 Å². The Balaban J connectivity index is 0.000000671. The highest BCUT2D eigenvalue weighted by Crippen LogP contribution is 2.15. The quantitative estimate of drug-likeness (QED) is 0.659. The summed E-state index contributed by atoms with van der Waals surface area (Å²) in [7, 11) is 0. The van der Waals surface area contributed by atoms with Gasteiger partial charge in [-0.3, -0.25) is 4.39 Å². The van der Waals surface area contributed by atoms with Gasteiger partial charge in [0.2, 0.25) is 0 Å². The van der Waals surface area contributed by atoms with Crippen molar-refractivity contribution in [2.45, 2.75) is 40.0 Å². The summed E-state index contributed by atoms with van der Waals surface area (Å²) >= 11 is 0. The van der Waals surface area contributed by atoms with Gasteiger partial charge in [0.1, 0.15) is 0 Å². The van der Waals surface area contributed by atoms with Crippen LogP contribution in [-0.4, -0.2) is 31.2 Å². The molecule has 2 heteroatoms. The molecule has 0 saturated carbocycles. The van der Waals surface area contributed by atoms with E-state index in [9.17, 15) is 4.39 Å². The summed E-state index contributed by atoms with van der Waals surface area (Å²) in [6, 6.07) is 0. The molecule has 0 radical (unpaired) electrons. The molecule has 1 nitrogen and oxygen atoms in total. The van der Waals surface area contributed by atoms with Crippen LogP contribution >= 0.6 is 0 Å². The summed E-state index contributed by atoms with van der Waals surface area (Å²) in [6.45, 7) is 9.44. The van der Waals surface area contributed by atoms with Gasteiger partial charge in [-0.15, -0.1) is 0 Å². The smallest absolute Gasteiger partial charge is 0.0906 e. The third-order valence-electron chi connectivity index (χ3n) is 2.35. The monoisotopic (exact) mass is 189 g/mol. The van der Waals surface area contributed by atoms with E-state index in [0.29, 0.717) is 6.42 Å². The molecule has 0 spiro atoms. The second-order valence-corrected chi connectivity index (χ2v) is 3.59. The Bertz CT molecular complexity index is 106. The molecule has 80 valence electrons. The molecule has 1 heterocycles. The van der Waals surface area contributed by atoms with Gasteiger partial charge in [-0.2, -0.15) is 0 Å². The van der Waals surface area contributed by atoms with Crippen LogP contribution in [0.2, 0.25) is 0 Å². The van der Waals surface area contributed by atoms with E-state index in [1.165, 1.54) is 25.9 Å². The number of nitrogens with zero attached hydrogens (tertiary/aromatic N) is 1. The van der Waals surface area contributed by atoms with Gasteiger partial charge in [0.15, 0.2) is 0 Å². The van der Waals surface area contributed by atoms with E-state index in [1.807, 2.05) is 13.8 Å². The molecule has 0 N–H and O–H groups in total. The lowest BCUT2D eigenvalue weighted by Gasteiger charge is -2.30. The van der Waals surface area contributed by atoms with Crippen LogP contribution in [0.1, 0.15) is 40.0 Å². The van der Waals surface area contributed by atoms with E-state index >= 15 is 0 Å². The lowest BCUT2D eigenvalue weighted by molar-refractivity contribution is 0.177. The van der Waals surface area contributed by atoms with Crippen LogP contribution in [-0.2, 0) is 0 Å². The summed E-state index contributed by atoms with van der Waals surface area (Å²) in [5.74, 6) is 0.823. The van der Waals surface area contributed by atoms with Crippen LogP contribution in [0.5, 0.6) is 0 Å². The lowest BCUT2D eigenvalue weighted by atomic mass is 10.0. The molecule has 0 aliphatic carbocycles. The summed E-state index contributed by atoms with van der Waals surface area (Å²) in [5, 5.41) is 0. The number of piperidine rings is 1. The second-order valence-electron chi connectivity index (χ2n) is 3.59. The summed E-state index contributed by atoms with van der Waals surface area (Å²) < 4.78 is 11.8. The van der Waals surface area contributed by atoms with Gasteiger partial charge in [0.25, 0.3) is 0 Å². The average molecular weight is 189 g/mol. The first-order valence-electron chi connectivity index (χ1n) is 5.61. The Morgan fingerprint density at radius 3 is 2.62 bits per heavy atom. The molecular formula is C11H24FN. The molecule has 0 aromatic rings. The molecule has 1 unspecified atom stereocenters. The van der Waals surface area contributed by atoms with Gasteiger partial charge < -0.3 is 4.90 Å². The molecule has 1 aliphatic rings. The molecule has 0 amide bonds. The summed E-state index contributed by atoms with van der Waals surface area (Å²) in [5.41, 5.74) is 0. The van der Waals surface area contributed by atoms with Crippen LogP contribution in [0, 0.1) is 5.92 Å². The number of hydrogen-bond donors (Lipinski definition) is 0. The van der Waals surface area contributed by atoms with Gasteiger partial charge >= 0.3 is 0 Å². The van der Waals surface area contributed by atoms with Crippen molar-refractivity contribution in [1.29, 1.82) is 0 Å². The minimum atomic E-state index is -0.162. The zero-order valence-corrected chi connectivity index (χ0v) is 9.35. The van der Waals surface area contributed by atoms with E-state index in [-0.39, 0.29) is 6.67 Å². The van der Waals surface area contributed by atoms with Crippen LogP contribution in [0.3, 0.4) is 0 Å². The summed E-state index contributed by atoms with van der Waals surface area (Å²) in [4.78, 5) is 2.38. The number of hydrogen-bond acceptors (Lipinski definition) is 1. The first-order chi connectivity index (χ1) is 6.33. The lowest BCUT2D eigenvalue weighted by Crippen LogP contribution is -2.35. The van der Waals surface area contributed by atoms with Crippen molar-refractivity contribution >= 4 is 0 Å².